The van der Waals surface area contributed by atoms with Crippen molar-refractivity contribution in [1.82, 2.24) is 0 Å². The van der Waals surface area contributed by atoms with Crippen LogP contribution in [0.4, 0.5) is 13.2 Å². The molecule has 0 saturated carbocycles. The highest BCUT2D eigenvalue weighted by atomic mass is 19.1. The Labute approximate surface area is 120 Å². The van der Waals surface area contributed by atoms with E-state index in [-0.39, 0.29) is 24.5 Å². The standard InChI is InChI=1S/C16H12F3NO/c17-13-6-4-12(15(19)8-13)10-21-16-9-14(18)5-3-11(16)2-1-7-20/h3-6,8-9H,7,10,20H2. The maximum atomic E-state index is 13.5. The van der Waals surface area contributed by atoms with Gasteiger partial charge in [0.1, 0.15) is 29.8 Å². The fraction of sp³-hybridized carbons (Fsp3) is 0.125. The molecule has 0 aromatic heterocycles. The zero-order chi connectivity index (χ0) is 15.2. The molecule has 0 amide bonds. The van der Waals surface area contributed by atoms with Crippen LogP contribution in [-0.2, 0) is 6.61 Å². The lowest BCUT2D eigenvalue weighted by Gasteiger charge is -2.09. The molecule has 0 spiro atoms. The first-order valence-electron chi connectivity index (χ1n) is 6.15. The number of halogens is 3. The Balaban J connectivity index is 2.20. The van der Waals surface area contributed by atoms with Gasteiger partial charge in [-0.3, -0.25) is 0 Å². The van der Waals surface area contributed by atoms with Crippen molar-refractivity contribution in [3.8, 4) is 17.6 Å². The topological polar surface area (TPSA) is 35.2 Å². The average molecular weight is 291 g/mol. The van der Waals surface area contributed by atoms with Gasteiger partial charge in [-0.2, -0.15) is 0 Å². The van der Waals surface area contributed by atoms with Crippen molar-refractivity contribution in [3.05, 3.63) is 65.0 Å². The molecule has 21 heavy (non-hydrogen) atoms. The fourth-order valence-corrected chi connectivity index (χ4v) is 1.66. The molecule has 0 bridgehead atoms. The minimum atomic E-state index is -0.721. The van der Waals surface area contributed by atoms with Gasteiger partial charge in [0.05, 0.1) is 12.1 Å². The van der Waals surface area contributed by atoms with Crippen molar-refractivity contribution >= 4 is 0 Å². The van der Waals surface area contributed by atoms with Crippen LogP contribution in [0.1, 0.15) is 11.1 Å². The van der Waals surface area contributed by atoms with Gasteiger partial charge in [0.2, 0.25) is 0 Å². The van der Waals surface area contributed by atoms with Crippen LogP contribution < -0.4 is 10.5 Å². The van der Waals surface area contributed by atoms with Crippen LogP contribution in [0.2, 0.25) is 0 Å². The predicted octanol–water partition coefficient (Wildman–Crippen LogP) is 2.99. The molecular weight excluding hydrogens is 279 g/mol. The largest absolute Gasteiger partial charge is 0.487 e. The van der Waals surface area contributed by atoms with Crippen molar-refractivity contribution in [2.24, 2.45) is 5.73 Å². The Hall–Kier alpha value is -2.45. The van der Waals surface area contributed by atoms with Crippen molar-refractivity contribution < 1.29 is 17.9 Å². The van der Waals surface area contributed by atoms with Crippen LogP contribution in [0, 0.1) is 29.3 Å². The molecule has 0 aliphatic rings. The number of rotatable bonds is 3. The Morgan fingerprint density at radius 2 is 1.71 bits per heavy atom. The number of ether oxygens (including phenoxy) is 1. The number of nitrogens with two attached hydrogens (primary N) is 1. The van der Waals surface area contributed by atoms with Gasteiger partial charge in [-0.25, -0.2) is 13.2 Å². The molecule has 0 unspecified atom stereocenters. The van der Waals surface area contributed by atoms with Crippen molar-refractivity contribution in [3.63, 3.8) is 0 Å². The van der Waals surface area contributed by atoms with Gasteiger partial charge in [-0.05, 0) is 24.3 Å². The van der Waals surface area contributed by atoms with E-state index in [0.717, 1.165) is 18.2 Å². The van der Waals surface area contributed by atoms with Crippen LogP contribution >= 0.6 is 0 Å². The van der Waals surface area contributed by atoms with E-state index in [0.29, 0.717) is 5.56 Å². The third kappa shape index (κ3) is 4.01. The molecule has 2 aromatic carbocycles. The van der Waals surface area contributed by atoms with E-state index >= 15 is 0 Å². The highest BCUT2D eigenvalue weighted by Crippen LogP contribution is 2.21. The minimum Gasteiger partial charge on any atom is -0.487 e. The first-order valence-corrected chi connectivity index (χ1v) is 6.15. The second-order valence-electron chi connectivity index (χ2n) is 4.17. The zero-order valence-electron chi connectivity index (χ0n) is 11.0. The Morgan fingerprint density at radius 1 is 1.00 bits per heavy atom. The van der Waals surface area contributed by atoms with E-state index in [2.05, 4.69) is 11.8 Å². The molecule has 2 aromatic rings. The second-order valence-corrected chi connectivity index (χ2v) is 4.17. The quantitative estimate of drug-likeness (QED) is 0.882. The van der Waals surface area contributed by atoms with Crippen molar-refractivity contribution in [2.45, 2.75) is 6.61 Å². The third-order valence-electron chi connectivity index (χ3n) is 2.67. The smallest absolute Gasteiger partial charge is 0.138 e. The Kier molecular flexibility index (Phi) is 4.85. The molecule has 2 rings (SSSR count). The molecular formula is C16H12F3NO. The van der Waals surface area contributed by atoms with E-state index in [1.54, 1.807) is 0 Å². The zero-order valence-corrected chi connectivity index (χ0v) is 11.0. The number of benzene rings is 2. The summed E-state index contributed by atoms with van der Waals surface area (Å²) >= 11 is 0. The Bertz CT molecular complexity index is 704. The summed E-state index contributed by atoms with van der Waals surface area (Å²) in [6, 6.07) is 7.01. The van der Waals surface area contributed by atoms with Gasteiger partial charge >= 0.3 is 0 Å². The molecule has 2 N–H and O–H groups in total. The van der Waals surface area contributed by atoms with Gasteiger partial charge in [0, 0.05) is 17.7 Å². The van der Waals surface area contributed by atoms with Gasteiger partial charge < -0.3 is 10.5 Å². The van der Waals surface area contributed by atoms with Crippen LogP contribution in [0.15, 0.2) is 36.4 Å². The van der Waals surface area contributed by atoms with E-state index in [1.165, 1.54) is 18.2 Å². The first-order chi connectivity index (χ1) is 10.1. The molecule has 0 saturated heterocycles. The molecule has 2 nitrogen and oxygen atoms in total. The van der Waals surface area contributed by atoms with Gasteiger partial charge in [-0.15, -0.1) is 0 Å². The summed E-state index contributed by atoms with van der Waals surface area (Å²) in [5.74, 6) is 3.66. The van der Waals surface area contributed by atoms with Gasteiger partial charge in [0.25, 0.3) is 0 Å². The number of hydrogen-bond donors (Lipinski definition) is 1. The summed E-state index contributed by atoms with van der Waals surface area (Å²) in [6.45, 7) is -0.00369. The molecule has 0 radical (unpaired) electrons. The lowest BCUT2D eigenvalue weighted by atomic mass is 10.2. The summed E-state index contributed by atoms with van der Waals surface area (Å²) in [7, 11) is 0. The summed E-state index contributed by atoms with van der Waals surface area (Å²) < 4.78 is 44.9. The van der Waals surface area contributed by atoms with Crippen molar-refractivity contribution in [1.29, 1.82) is 0 Å². The van der Waals surface area contributed by atoms with Crippen LogP contribution in [0.3, 0.4) is 0 Å². The van der Waals surface area contributed by atoms with Gasteiger partial charge in [0.15, 0.2) is 0 Å². The van der Waals surface area contributed by atoms with Crippen LogP contribution in [-0.4, -0.2) is 6.54 Å². The highest BCUT2D eigenvalue weighted by molar-refractivity contribution is 5.46. The SMILES string of the molecule is NCC#Cc1ccc(F)cc1OCc1ccc(F)cc1F. The number of hydrogen-bond acceptors (Lipinski definition) is 2. The molecule has 5 heteroatoms. The van der Waals surface area contributed by atoms with E-state index in [4.69, 9.17) is 10.5 Å². The molecule has 0 aliphatic heterocycles. The minimum absolute atomic E-state index is 0.156. The van der Waals surface area contributed by atoms with Gasteiger partial charge in [-0.1, -0.05) is 11.8 Å². The normalized spacial score (nSPS) is 9.90. The monoisotopic (exact) mass is 291 g/mol. The summed E-state index contributed by atoms with van der Waals surface area (Å²) in [4.78, 5) is 0. The van der Waals surface area contributed by atoms with Crippen LogP contribution in [0.5, 0.6) is 5.75 Å². The van der Waals surface area contributed by atoms with Crippen molar-refractivity contribution in [2.75, 3.05) is 6.54 Å². The van der Waals surface area contributed by atoms with Crippen LogP contribution in [0.25, 0.3) is 0 Å². The summed E-state index contributed by atoms with van der Waals surface area (Å²) in [6.07, 6.45) is 0. The van der Waals surface area contributed by atoms with E-state index < -0.39 is 17.5 Å². The maximum Gasteiger partial charge on any atom is 0.138 e. The molecule has 0 heterocycles. The molecule has 0 aliphatic carbocycles. The highest BCUT2D eigenvalue weighted by Gasteiger charge is 2.08. The molecule has 0 fully saturated rings. The lowest BCUT2D eigenvalue weighted by molar-refractivity contribution is 0.297. The summed E-state index contributed by atoms with van der Waals surface area (Å²) in [5.41, 5.74) is 5.90. The third-order valence-corrected chi connectivity index (χ3v) is 2.67. The lowest BCUT2D eigenvalue weighted by Crippen LogP contribution is -2.01. The summed E-state index contributed by atoms with van der Waals surface area (Å²) in [5, 5.41) is 0. The maximum absolute atomic E-state index is 13.5. The van der Waals surface area contributed by atoms with E-state index in [1.807, 2.05) is 0 Å². The molecule has 0 atom stereocenters. The second kappa shape index (κ2) is 6.82. The fourth-order valence-electron chi connectivity index (χ4n) is 1.66. The van der Waals surface area contributed by atoms with E-state index in [9.17, 15) is 13.2 Å². The predicted molar refractivity (Wildman–Crippen MR) is 73.0 cm³/mol. The molecule has 108 valence electrons. The average Bonchev–Trinajstić information content (AvgIpc) is 2.45. The first kappa shape index (κ1) is 14.9. The Morgan fingerprint density at radius 3 is 2.43 bits per heavy atom.